The van der Waals surface area contributed by atoms with E-state index in [0.29, 0.717) is 12.3 Å². The number of carbonyl (C=O) groups excluding carboxylic acids is 1. The average molecular weight is 326 g/mol. The van der Waals surface area contributed by atoms with Crippen LogP contribution in [0.15, 0.2) is 35.7 Å². The van der Waals surface area contributed by atoms with Crippen LogP contribution >= 0.6 is 11.3 Å². The van der Waals surface area contributed by atoms with E-state index in [4.69, 9.17) is 0 Å². The summed E-state index contributed by atoms with van der Waals surface area (Å²) in [4.78, 5) is 18.4. The second-order valence-corrected chi connectivity index (χ2v) is 7.48. The lowest BCUT2D eigenvalue weighted by Crippen LogP contribution is -2.38. The van der Waals surface area contributed by atoms with Gasteiger partial charge in [-0.1, -0.05) is 24.3 Å². The molecule has 0 unspecified atom stereocenters. The SMILES string of the molecule is O=C(CCN1CCc2ccccc2C1)N1CCc2sccc2C1. The van der Waals surface area contributed by atoms with Crippen LogP contribution in [0.4, 0.5) is 0 Å². The highest BCUT2D eigenvalue weighted by molar-refractivity contribution is 7.10. The Morgan fingerprint density at radius 2 is 1.87 bits per heavy atom. The first kappa shape index (κ1) is 14.9. The van der Waals surface area contributed by atoms with Crippen molar-refractivity contribution in [3.63, 3.8) is 0 Å². The molecule has 0 atom stereocenters. The fourth-order valence-corrected chi connectivity index (χ4v) is 4.51. The van der Waals surface area contributed by atoms with Gasteiger partial charge in [-0.15, -0.1) is 11.3 Å². The van der Waals surface area contributed by atoms with Crippen molar-refractivity contribution in [2.75, 3.05) is 19.6 Å². The Morgan fingerprint density at radius 3 is 2.78 bits per heavy atom. The second kappa shape index (κ2) is 6.46. The first-order chi connectivity index (χ1) is 11.3. The minimum absolute atomic E-state index is 0.306. The largest absolute Gasteiger partial charge is 0.338 e. The van der Waals surface area contributed by atoms with E-state index in [1.165, 1.54) is 21.6 Å². The minimum Gasteiger partial charge on any atom is -0.338 e. The average Bonchev–Trinajstić information content (AvgIpc) is 3.07. The summed E-state index contributed by atoms with van der Waals surface area (Å²) in [5.74, 6) is 0.306. The van der Waals surface area contributed by atoms with Crippen molar-refractivity contribution in [3.05, 3.63) is 57.3 Å². The maximum atomic E-state index is 12.5. The van der Waals surface area contributed by atoms with Gasteiger partial charge in [0.1, 0.15) is 0 Å². The van der Waals surface area contributed by atoms with Crippen LogP contribution in [0.1, 0.15) is 28.0 Å². The maximum Gasteiger partial charge on any atom is 0.224 e. The van der Waals surface area contributed by atoms with Crippen LogP contribution in [-0.2, 0) is 30.7 Å². The van der Waals surface area contributed by atoms with E-state index in [0.717, 1.165) is 45.6 Å². The molecule has 3 nitrogen and oxygen atoms in total. The molecule has 0 spiro atoms. The molecule has 1 aromatic heterocycles. The molecule has 1 aromatic carbocycles. The lowest BCUT2D eigenvalue weighted by molar-refractivity contribution is -0.132. The molecular weight excluding hydrogens is 304 g/mol. The molecule has 4 heteroatoms. The molecule has 0 saturated carbocycles. The molecule has 0 radical (unpaired) electrons. The molecule has 0 fully saturated rings. The van der Waals surface area contributed by atoms with E-state index in [2.05, 4.69) is 40.6 Å². The molecule has 2 aliphatic rings. The summed E-state index contributed by atoms with van der Waals surface area (Å²) in [6.07, 6.45) is 2.77. The summed E-state index contributed by atoms with van der Waals surface area (Å²) in [6.45, 7) is 4.62. The normalized spacial score (nSPS) is 17.7. The van der Waals surface area contributed by atoms with Gasteiger partial charge in [0.15, 0.2) is 0 Å². The fourth-order valence-electron chi connectivity index (χ4n) is 3.62. The van der Waals surface area contributed by atoms with Gasteiger partial charge in [-0.05, 0) is 41.0 Å². The first-order valence-corrected chi connectivity index (χ1v) is 9.30. The second-order valence-electron chi connectivity index (χ2n) is 6.48. The summed E-state index contributed by atoms with van der Waals surface area (Å²) >= 11 is 1.82. The van der Waals surface area contributed by atoms with Crippen LogP contribution in [-0.4, -0.2) is 35.3 Å². The van der Waals surface area contributed by atoms with E-state index in [1.54, 1.807) is 0 Å². The van der Waals surface area contributed by atoms with Gasteiger partial charge in [-0.25, -0.2) is 0 Å². The topological polar surface area (TPSA) is 23.6 Å². The Hall–Kier alpha value is -1.65. The Labute approximate surface area is 141 Å². The van der Waals surface area contributed by atoms with Gasteiger partial charge in [0.25, 0.3) is 0 Å². The molecule has 0 N–H and O–H groups in total. The number of amides is 1. The highest BCUT2D eigenvalue weighted by Gasteiger charge is 2.22. The summed E-state index contributed by atoms with van der Waals surface area (Å²) in [5, 5.41) is 2.14. The molecule has 0 bridgehead atoms. The summed E-state index contributed by atoms with van der Waals surface area (Å²) in [7, 11) is 0. The van der Waals surface area contributed by atoms with Crippen LogP contribution in [0.2, 0.25) is 0 Å². The monoisotopic (exact) mass is 326 g/mol. The van der Waals surface area contributed by atoms with E-state index < -0.39 is 0 Å². The highest BCUT2D eigenvalue weighted by Crippen LogP contribution is 2.24. The summed E-state index contributed by atoms with van der Waals surface area (Å²) < 4.78 is 0. The Balaban J connectivity index is 1.31. The van der Waals surface area contributed by atoms with Gasteiger partial charge in [0.05, 0.1) is 0 Å². The Kier molecular flexibility index (Phi) is 4.19. The number of hydrogen-bond donors (Lipinski definition) is 0. The van der Waals surface area contributed by atoms with Crippen molar-refractivity contribution in [2.24, 2.45) is 0 Å². The number of fused-ring (bicyclic) bond motifs is 2. The number of thiophene rings is 1. The molecule has 1 amide bonds. The zero-order valence-electron chi connectivity index (χ0n) is 13.3. The molecule has 120 valence electrons. The molecule has 2 aliphatic heterocycles. The Bertz CT molecular complexity index is 709. The van der Waals surface area contributed by atoms with Gasteiger partial charge >= 0.3 is 0 Å². The predicted octanol–water partition coefficient (Wildman–Crippen LogP) is 3.08. The van der Waals surface area contributed by atoms with Crippen LogP contribution in [0.5, 0.6) is 0 Å². The van der Waals surface area contributed by atoms with E-state index in [-0.39, 0.29) is 0 Å². The number of nitrogens with zero attached hydrogens (tertiary/aromatic N) is 2. The van der Waals surface area contributed by atoms with Crippen LogP contribution in [0.25, 0.3) is 0 Å². The van der Waals surface area contributed by atoms with Crippen molar-refractivity contribution in [1.82, 2.24) is 9.80 Å². The predicted molar refractivity (Wildman–Crippen MR) is 93.5 cm³/mol. The van der Waals surface area contributed by atoms with Crippen molar-refractivity contribution in [3.8, 4) is 0 Å². The van der Waals surface area contributed by atoms with Crippen molar-refractivity contribution >= 4 is 17.2 Å². The quantitative estimate of drug-likeness (QED) is 0.865. The fraction of sp³-hybridized carbons (Fsp3) is 0.421. The number of benzene rings is 1. The van der Waals surface area contributed by atoms with Crippen LogP contribution in [0, 0.1) is 0 Å². The smallest absolute Gasteiger partial charge is 0.224 e. The number of rotatable bonds is 3. The van der Waals surface area contributed by atoms with Gasteiger partial charge < -0.3 is 4.90 Å². The van der Waals surface area contributed by atoms with Gasteiger partial charge in [-0.3, -0.25) is 9.69 Å². The molecule has 4 rings (SSSR count). The van der Waals surface area contributed by atoms with Crippen LogP contribution < -0.4 is 0 Å². The van der Waals surface area contributed by atoms with Crippen molar-refractivity contribution in [1.29, 1.82) is 0 Å². The zero-order chi connectivity index (χ0) is 15.6. The highest BCUT2D eigenvalue weighted by atomic mass is 32.1. The van der Waals surface area contributed by atoms with Gasteiger partial charge in [-0.2, -0.15) is 0 Å². The molecule has 3 heterocycles. The van der Waals surface area contributed by atoms with Gasteiger partial charge in [0.2, 0.25) is 5.91 Å². The summed E-state index contributed by atoms with van der Waals surface area (Å²) in [5.41, 5.74) is 4.24. The molecular formula is C19H22N2OS. The Morgan fingerprint density at radius 1 is 1.00 bits per heavy atom. The van der Waals surface area contributed by atoms with Crippen LogP contribution in [0.3, 0.4) is 0 Å². The number of carbonyl (C=O) groups is 1. The lowest BCUT2D eigenvalue weighted by atomic mass is 10.00. The van der Waals surface area contributed by atoms with Crippen molar-refractivity contribution < 1.29 is 4.79 Å². The van der Waals surface area contributed by atoms with Crippen molar-refractivity contribution in [2.45, 2.75) is 32.4 Å². The third-order valence-electron chi connectivity index (χ3n) is 5.01. The van der Waals surface area contributed by atoms with E-state index in [9.17, 15) is 4.79 Å². The molecule has 23 heavy (non-hydrogen) atoms. The standard InChI is InChI=1S/C19H22N2OS/c22-19(21-11-6-18-17(14-21)8-12-23-18)7-10-20-9-5-15-3-1-2-4-16(15)13-20/h1-4,8,12H,5-7,9-11,13-14H2. The minimum atomic E-state index is 0.306. The number of hydrogen-bond acceptors (Lipinski definition) is 3. The lowest BCUT2D eigenvalue weighted by Gasteiger charge is -2.31. The van der Waals surface area contributed by atoms with E-state index in [1.807, 2.05) is 16.2 Å². The first-order valence-electron chi connectivity index (χ1n) is 8.42. The van der Waals surface area contributed by atoms with Gasteiger partial charge in [0, 0.05) is 44.0 Å². The molecule has 0 saturated heterocycles. The third-order valence-corrected chi connectivity index (χ3v) is 6.03. The van der Waals surface area contributed by atoms with E-state index >= 15 is 0 Å². The summed E-state index contributed by atoms with van der Waals surface area (Å²) in [6, 6.07) is 10.8. The maximum absolute atomic E-state index is 12.5. The zero-order valence-corrected chi connectivity index (χ0v) is 14.1. The third kappa shape index (κ3) is 3.19. The molecule has 2 aromatic rings. The molecule has 0 aliphatic carbocycles.